The molecule has 0 radical (unpaired) electrons. The lowest BCUT2D eigenvalue weighted by Crippen LogP contribution is -2.01. The van der Waals surface area contributed by atoms with Gasteiger partial charge in [-0.2, -0.15) is 9.97 Å². The van der Waals surface area contributed by atoms with Gasteiger partial charge in [-0.3, -0.25) is 0 Å². The second-order valence-corrected chi connectivity index (χ2v) is 7.29. The number of hydrogen-bond acceptors (Lipinski definition) is 6. The SMILES string of the molecule is CCCOc1nc(Oc2cc(F)ccc2C)nc2oc(-c3ccc(Cl)c(Cl)c3)nc12. The van der Waals surface area contributed by atoms with Crippen molar-refractivity contribution in [3.63, 3.8) is 0 Å². The zero-order chi connectivity index (χ0) is 21.3. The zero-order valence-corrected chi connectivity index (χ0v) is 17.6. The third-order valence-electron chi connectivity index (χ3n) is 4.17. The molecule has 4 aromatic rings. The van der Waals surface area contributed by atoms with Gasteiger partial charge in [-0.15, -0.1) is 0 Å². The number of oxazole rings is 1. The lowest BCUT2D eigenvalue weighted by Gasteiger charge is -2.08. The Bertz CT molecular complexity index is 1230. The Balaban J connectivity index is 1.78. The van der Waals surface area contributed by atoms with Crippen molar-refractivity contribution < 1.29 is 18.3 Å². The number of aromatic nitrogens is 3. The quantitative estimate of drug-likeness (QED) is 0.330. The molecule has 2 aromatic heterocycles. The van der Waals surface area contributed by atoms with Crippen LogP contribution >= 0.6 is 23.2 Å². The highest BCUT2D eigenvalue weighted by Crippen LogP contribution is 2.34. The number of aryl methyl sites for hydroxylation is 1. The molecule has 0 amide bonds. The van der Waals surface area contributed by atoms with Crippen molar-refractivity contribution in [1.29, 1.82) is 0 Å². The van der Waals surface area contributed by atoms with Crippen molar-refractivity contribution >= 4 is 34.4 Å². The standard InChI is InChI=1S/C21H16Cl2FN3O3/c1-3-8-28-19-17-20(30-18(25-17)12-5-7-14(22)15(23)9-12)27-21(26-19)29-16-10-13(24)6-4-11(16)2/h4-7,9-10H,3,8H2,1-2H3. The van der Waals surface area contributed by atoms with Gasteiger partial charge in [0.25, 0.3) is 11.6 Å². The predicted molar refractivity (Wildman–Crippen MR) is 112 cm³/mol. The molecule has 0 aliphatic rings. The summed E-state index contributed by atoms with van der Waals surface area (Å²) in [6.45, 7) is 4.17. The van der Waals surface area contributed by atoms with Crippen molar-refractivity contribution in [3.05, 3.63) is 57.8 Å². The molecule has 30 heavy (non-hydrogen) atoms. The lowest BCUT2D eigenvalue weighted by molar-refractivity contribution is 0.302. The van der Waals surface area contributed by atoms with Crippen LogP contribution in [0.25, 0.3) is 22.7 Å². The monoisotopic (exact) mass is 447 g/mol. The summed E-state index contributed by atoms with van der Waals surface area (Å²) in [5.74, 6) is 0.347. The maximum absolute atomic E-state index is 13.6. The van der Waals surface area contributed by atoms with Crippen LogP contribution in [-0.4, -0.2) is 21.6 Å². The van der Waals surface area contributed by atoms with Gasteiger partial charge in [0.1, 0.15) is 11.6 Å². The second kappa shape index (κ2) is 8.45. The van der Waals surface area contributed by atoms with Gasteiger partial charge >= 0.3 is 6.01 Å². The van der Waals surface area contributed by atoms with E-state index in [0.717, 1.165) is 12.0 Å². The van der Waals surface area contributed by atoms with Crippen LogP contribution in [0.4, 0.5) is 4.39 Å². The largest absolute Gasteiger partial charge is 0.476 e. The summed E-state index contributed by atoms with van der Waals surface area (Å²) in [6, 6.07) is 9.19. The molecule has 4 rings (SSSR count). The zero-order valence-electron chi connectivity index (χ0n) is 16.1. The highest BCUT2D eigenvalue weighted by Gasteiger charge is 2.19. The molecule has 2 aromatic carbocycles. The van der Waals surface area contributed by atoms with Crippen LogP contribution in [0.3, 0.4) is 0 Å². The molecular formula is C21H16Cl2FN3O3. The molecule has 0 saturated heterocycles. The summed E-state index contributed by atoms with van der Waals surface area (Å²) in [6.07, 6.45) is 0.766. The van der Waals surface area contributed by atoms with E-state index >= 15 is 0 Å². The molecule has 0 saturated carbocycles. The first-order valence-corrected chi connectivity index (χ1v) is 9.91. The average molecular weight is 448 g/mol. The summed E-state index contributed by atoms with van der Waals surface area (Å²) in [5, 5.41) is 0.792. The Kier molecular flexibility index (Phi) is 5.74. The highest BCUT2D eigenvalue weighted by molar-refractivity contribution is 6.42. The molecule has 2 heterocycles. The van der Waals surface area contributed by atoms with Gasteiger partial charge in [0.2, 0.25) is 5.89 Å². The fourth-order valence-electron chi connectivity index (χ4n) is 2.66. The first-order valence-electron chi connectivity index (χ1n) is 9.15. The van der Waals surface area contributed by atoms with E-state index in [-0.39, 0.29) is 23.5 Å². The van der Waals surface area contributed by atoms with E-state index in [9.17, 15) is 4.39 Å². The molecule has 9 heteroatoms. The van der Waals surface area contributed by atoms with Gasteiger partial charge in [-0.05, 0) is 43.2 Å². The van der Waals surface area contributed by atoms with Crippen molar-refractivity contribution in [2.75, 3.05) is 6.61 Å². The Morgan fingerprint density at radius 2 is 1.87 bits per heavy atom. The number of fused-ring (bicyclic) bond motifs is 1. The number of ether oxygens (including phenoxy) is 2. The van der Waals surface area contributed by atoms with Crippen molar-refractivity contribution in [3.8, 4) is 29.1 Å². The summed E-state index contributed by atoms with van der Waals surface area (Å²) in [7, 11) is 0. The molecule has 0 unspecified atom stereocenters. The topological polar surface area (TPSA) is 70.3 Å². The molecule has 0 N–H and O–H groups in total. The average Bonchev–Trinajstić information content (AvgIpc) is 3.15. The van der Waals surface area contributed by atoms with Gasteiger partial charge in [-0.25, -0.2) is 9.37 Å². The van der Waals surface area contributed by atoms with Gasteiger partial charge in [0.15, 0.2) is 5.52 Å². The van der Waals surface area contributed by atoms with Crippen LogP contribution in [0.2, 0.25) is 10.0 Å². The minimum atomic E-state index is -0.430. The molecule has 0 atom stereocenters. The van der Waals surface area contributed by atoms with E-state index in [2.05, 4.69) is 15.0 Å². The predicted octanol–water partition coefficient (Wildman–Crippen LogP) is 6.62. The van der Waals surface area contributed by atoms with Crippen molar-refractivity contribution in [2.24, 2.45) is 0 Å². The number of hydrogen-bond donors (Lipinski definition) is 0. The minimum absolute atomic E-state index is 0.0425. The van der Waals surface area contributed by atoms with E-state index in [0.29, 0.717) is 33.5 Å². The lowest BCUT2D eigenvalue weighted by atomic mass is 10.2. The fourth-order valence-corrected chi connectivity index (χ4v) is 2.96. The molecule has 0 fully saturated rings. The summed E-state index contributed by atoms with van der Waals surface area (Å²) < 4.78 is 30.8. The normalized spacial score (nSPS) is 11.1. The molecule has 0 aliphatic carbocycles. The van der Waals surface area contributed by atoms with Crippen LogP contribution < -0.4 is 9.47 Å². The summed E-state index contributed by atoms with van der Waals surface area (Å²) in [4.78, 5) is 13.0. The molecule has 0 bridgehead atoms. The van der Waals surface area contributed by atoms with E-state index < -0.39 is 5.82 Å². The third-order valence-corrected chi connectivity index (χ3v) is 4.91. The van der Waals surface area contributed by atoms with Gasteiger partial charge in [-0.1, -0.05) is 36.2 Å². The molecule has 154 valence electrons. The molecular weight excluding hydrogens is 432 g/mol. The number of benzene rings is 2. The third kappa shape index (κ3) is 4.17. The summed E-state index contributed by atoms with van der Waals surface area (Å²) in [5.41, 5.74) is 1.85. The van der Waals surface area contributed by atoms with Crippen LogP contribution in [0.1, 0.15) is 18.9 Å². The van der Waals surface area contributed by atoms with Crippen molar-refractivity contribution in [2.45, 2.75) is 20.3 Å². The Hall–Kier alpha value is -2.90. The Labute approximate surface area is 181 Å². The van der Waals surface area contributed by atoms with Gasteiger partial charge in [0.05, 0.1) is 16.7 Å². The smallest absolute Gasteiger partial charge is 0.328 e. The van der Waals surface area contributed by atoms with E-state index in [1.807, 2.05) is 6.92 Å². The maximum atomic E-state index is 13.6. The number of halogens is 3. The van der Waals surface area contributed by atoms with Crippen LogP contribution in [0.15, 0.2) is 40.8 Å². The highest BCUT2D eigenvalue weighted by atomic mass is 35.5. The number of nitrogens with zero attached hydrogens (tertiary/aromatic N) is 3. The van der Waals surface area contributed by atoms with E-state index in [1.54, 1.807) is 31.2 Å². The Morgan fingerprint density at radius 3 is 2.63 bits per heavy atom. The van der Waals surface area contributed by atoms with Crippen LogP contribution in [0, 0.1) is 12.7 Å². The summed E-state index contributed by atoms with van der Waals surface area (Å²) >= 11 is 12.1. The van der Waals surface area contributed by atoms with Crippen LogP contribution in [-0.2, 0) is 0 Å². The second-order valence-electron chi connectivity index (χ2n) is 6.47. The van der Waals surface area contributed by atoms with Gasteiger partial charge < -0.3 is 13.9 Å². The minimum Gasteiger partial charge on any atom is -0.476 e. The molecule has 0 spiro atoms. The van der Waals surface area contributed by atoms with E-state index in [1.165, 1.54) is 12.1 Å². The van der Waals surface area contributed by atoms with Crippen molar-refractivity contribution in [1.82, 2.24) is 15.0 Å². The van der Waals surface area contributed by atoms with Gasteiger partial charge in [0, 0.05) is 11.6 Å². The van der Waals surface area contributed by atoms with E-state index in [4.69, 9.17) is 37.1 Å². The Morgan fingerprint density at radius 1 is 1.03 bits per heavy atom. The maximum Gasteiger partial charge on any atom is 0.328 e. The van der Waals surface area contributed by atoms with Crippen LogP contribution in [0.5, 0.6) is 17.6 Å². The first-order chi connectivity index (χ1) is 14.4. The molecule has 6 nitrogen and oxygen atoms in total. The molecule has 0 aliphatic heterocycles. The first kappa shape index (κ1) is 20.4. The fraction of sp³-hybridized carbons (Fsp3) is 0.190. The number of rotatable bonds is 6.